The van der Waals surface area contributed by atoms with Crippen molar-refractivity contribution in [3.05, 3.63) is 39.5 Å². The first-order valence-corrected chi connectivity index (χ1v) is 8.20. The summed E-state index contributed by atoms with van der Waals surface area (Å²) >= 11 is 2.22. The summed E-state index contributed by atoms with van der Waals surface area (Å²) in [6, 6.07) is 7.75. The lowest BCUT2D eigenvalue weighted by molar-refractivity contribution is -0.157. The van der Waals surface area contributed by atoms with E-state index in [0.29, 0.717) is 6.42 Å². The molecule has 0 aliphatic rings. The van der Waals surface area contributed by atoms with Gasteiger partial charge in [-0.15, -0.1) is 0 Å². The van der Waals surface area contributed by atoms with Gasteiger partial charge in [-0.1, -0.05) is 19.1 Å². The maximum Gasteiger partial charge on any atom is 0.330 e. The van der Waals surface area contributed by atoms with Crippen molar-refractivity contribution in [3.8, 4) is 0 Å². The number of carbonyl (C=O) groups excluding carboxylic acids is 2. The molecule has 0 bridgehead atoms. The van der Waals surface area contributed by atoms with Crippen molar-refractivity contribution in [1.82, 2.24) is 0 Å². The first-order valence-electron chi connectivity index (χ1n) is 7.13. The average molecular weight is 416 g/mol. The number of ether oxygens (including phenoxy) is 2. The van der Waals surface area contributed by atoms with Gasteiger partial charge in [-0.3, -0.25) is 4.79 Å². The molecule has 0 spiro atoms. The van der Waals surface area contributed by atoms with Crippen LogP contribution in [-0.4, -0.2) is 25.2 Å². The average Bonchev–Trinajstić information content (AvgIpc) is 2.50. The molecule has 5 heteroatoms. The molecular weight excluding hydrogens is 395 g/mol. The van der Waals surface area contributed by atoms with Crippen LogP contribution in [0.3, 0.4) is 0 Å². The van der Waals surface area contributed by atoms with Gasteiger partial charge in [0.15, 0.2) is 0 Å². The normalized spacial score (nSPS) is 11.5. The Labute approximate surface area is 145 Å². The van der Waals surface area contributed by atoms with Gasteiger partial charge in [0.05, 0.1) is 5.41 Å². The van der Waals surface area contributed by atoms with Gasteiger partial charge >= 0.3 is 11.9 Å². The Morgan fingerprint density at radius 2 is 1.73 bits per heavy atom. The lowest BCUT2D eigenvalue weighted by atomic mass is 9.91. The fourth-order valence-electron chi connectivity index (χ4n) is 1.40. The van der Waals surface area contributed by atoms with E-state index >= 15 is 0 Å². The van der Waals surface area contributed by atoms with Crippen LogP contribution in [0.25, 0.3) is 6.08 Å². The van der Waals surface area contributed by atoms with Crippen LogP contribution in [0.2, 0.25) is 0 Å². The molecule has 0 atom stereocenters. The first-order chi connectivity index (χ1) is 10.3. The summed E-state index contributed by atoms with van der Waals surface area (Å²) in [7, 11) is 0. The summed E-state index contributed by atoms with van der Waals surface area (Å²) in [5.74, 6) is -0.732. The van der Waals surface area contributed by atoms with Gasteiger partial charge in [0.1, 0.15) is 13.2 Å². The maximum absolute atomic E-state index is 11.7. The molecule has 0 radical (unpaired) electrons. The van der Waals surface area contributed by atoms with Gasteiger partial charge in [0, 0.05) is 9.65 Å². The van der Waals surface area contributed by atoms with Crippen LogP contribution in [0.5, 0.6) is 0 Å². The van der Waals surface area contributed by atoms with E-state index in [9.17, 15) is 9.59 Å². The van der Waals surface area contributed by atoms with Crippen LogP contribution < -0.4 is 0 Å². The van der Waals surface area contributed by atoms with Crippen LogP contribution in [-0.2, 0) is 19.1 Å². The van der Waals surface area contributed by atoms with E-state index in [4.69, 9.17) is 9.47 Å². The van der Waals surface area contributed by atoms with Crippen molar-refractivity contribution in [2.45, 2.75) is 27.2 Å². The molecule has 0 heterocycles. The monoisotopic (exact) mass is 416 g/mol. The number of halogens is 1. The zero-order chi connectivity index (χ0) is 16.6. The van der Waals surface area contributed by atoms with Gasteiger partial charge in [0.2, 0.25) is 0 Å². The minimum Gasteiger partial charge on any atom is -0.462 e. The second kappa shape index (κ2) is 8.92. The summed E-state index contributed by atoms with van der Waals surface area (Å²) in [4.78, 5) is 23.2. The maximum atomic E-state index is 11.7. The van der Waals surface area contributed by atoms with Crippen molar-refractivity contribution in [2.75, 3.05) is 13.2 Å². The predicted octanol–water partition coefficient (Wildman–Crippen LogP) is 3.83. The molecule has 0 aliphatic carbocycles. The van der Waals surface area contributed by atoms with E-state index in [1.165, 1.54) is 6.08 Å². The zero-order valence-electron chi connectivity index (χ0n) is 13.1. The molecule has 0 fully saturated rings. The smallest absolute Gasteiger partial charge is 0.330 e. The van der Waals surface area contributed by atoms with Gasteiger partial charge < -0.3 is 9.47 Å². The Hall–Kier alpha value is -1.37. The highest BCUT2D eigenvalue weighted by Gasteiger charge is 2.26. The van der Waals surface area contributed by atoms with Crippen LogP contribution in [0.1, 0.15) is 32.8 Å². The number of hydrogen-bond donors (Lipinski definition) is 0. The highest BCUT2D eigenvalue weighted by Crippen LogP contribution is 2.21. The Balaban J connectivity index is 2.29. The van der Waals surface area contributed by atoms with Gasteiger partial charge in [-0.2, -0.15) is 0 Å². The molecule has 120 valence electrons. The molecule has 22 heavy (non-hydrogen) atoms. The van der Waals surface area contributed by atoms with E-state index < -0.39 is 11.4 Å². The molecule has 0 unspecified atom stereocenters. The zero-order valence-corrected chi connectivity index (χ0v) is 15.3. The molecule has 1 aromatic rings. The fourth-order valence-corrected chi connectivity index (χ4v) is 1.76. The van der Waals surface area contributed by atoms with Gasteiger partial charge in [0.25, 0.3) is 0 Å². The Morgan fingerprint density at radius 1 is 1.14 bits per heavy atom. The quantitative estimate of drug-likeness (QED) is 0.294. The highest BCUT2D eigenvalue weighted by atomic mass is 127. The summed E-state index contributed by atoms with van der Waals surface area (Å²) in [5.41, 5.74) is 0.419. The number of benzene rings is 1. The molecule has 1 aromatic carbocycles. The summed E-state index contributed by atoms with van der Waals surface area (Å²) in [5, 5.41) is 0. The molecule has 0 saturated heterocycles. The van der Waals surface area contributed by atoms with Crippen molar-refractivity contribution in [3.63, 3.8) is 0 Å². The number of hydrogen-bond acceptors (Lipinski definition) is 4. The van der Waals surface area contributed by atoms with Gasteiger partial charge in [-0.05, 0) is 66.6 Å². The van der Waals surface area contributed by atoms with E-state index in [1.54, 1.807) is 6.08 Å². The standard InChI is InChI=1S/C17H21IO4/c1-4-17(2,3)16(20)22-12-11-21-15(19)10-7-13-5-8-14(18)9-6-13/h5-10H,4,11-12H2,1-3H3/b10-7+. The van der Waals surface area contributed by atoms with Gasteiger partial charge in [-0.25, -0.2) is 4.79 Å². The molecule has 1 rings (SSSR count). The van der Waals surface area contributed by atoms with Crippen molar-refractivity contribution in [1.29, 1.82) is 0 Å². The minimum absolute atomic E-state index is 0.0569. The summed E-state index contributed by atoms with van der Waals surface area (Å²) in [6.07, 6.45) is 3.75. The molecule has 4 nitrogen and oxygen atoms in total. The number of esters is 2. The predicted molar refractivity (Wildman–Crippen MR) is 94.2 cm³/mol. The van der Waals surface area contributed by atoms with E-state index in [0.717, 1.165) is 9.13 Å². The summed E-state index contributed by atoms with van der Waals surface area (Å²) < 4.78 is 11.2. The van der Waals surface area contributed by atoms with E-state index in [-0.39, 0.29) is 19.2 Å². The highest BCUT2D eigenvalue weighted by molar-refractivity contribution is 14.1. The topological polar surface area (TPSA) is 52.6 Å². The first kappa shape index (κ1) is 18.7. The molecule has 0 aliphatic heterocycles. The molecular formula is C17H21IO4. The van der Waals surface area contributed by atoms with Crippen LogP contribution >= 0.6 is 22.6 Å². The molecule has 0 saturated carbocycles. The Morgan fingerprint density at radius 3 is 2.32 bits per heavy atom. The van der Waals surface area contributed by atoms with E-state index in [1.807, 2.05) is 45.0 Å². The fraction of sp³-hybridized carbons (Fsp3) is 0.412. The van der Waals surface area contributed by atoms with Crippen LogP contribution in [0.15, 0.2) is 30.3 Å². The molecule has 0 amide bonds. The third kappa shape index (κ3) is 6.60. The van der Waals surface area contributed by atoms with Crippen molar-refractivity contribution < 1.29 is 19.1 Å². The Kier molecular flexibility index (Phi) is 7.58. The lowest BCUT2D eigenvalue weighted by Gasteiger charge is -2.20. The van der Waals surface area contributed by atoms with Crippen LogP contribution in [0, 0.1) is 8.99 Å². The minimum atomic E-state index is -0.505. The second-order valence-electron chi connectivity index (χ2n) is 5.43. The summed E-state index contributed by atoms with van der Waals surface area (Å²) in [6.45, 7) is 5.71. The largest absolute Gasteiger partial charge is 0.462 e. The molecule has 0 aromatic heterocycles. The Bertz CT molecular complexity index is 532. The molecule has 0 N–H and O–H groups in total. The van der Waals surface area contributed by atoms with E-state index in [2.05, 4.69) is 22.6 Å². The second-order valence-corrected chi connectivity index (χ2v) is 6.67. The van der Waals surface area contributed by atoms with Crippen molar-refractivity contribution in [2.24, 2.45) is 5.41 Å². The number of carbonyl (C=O) groups is 2. The van der Waals surface area contributed by atoms with Crippen molar-refractivity contribution >= 4 is 40.6 Å². The lowest BCUT2D eigenvalue weighted by Crippen LogP contribution is -2.27. The third-order valence-electron chi connectivity index (χ3n) is 3.28. The number of rotatable bonds is 7. The third-order valence-corrected chi connectivity index (χ3v) is 4.00. The SMILES string of the molecule is CCC(C)(C)C(=O)OCCOC(=O)/C=C/c1ccc(I)cc1. The van der Waals surface area contributed by atoms with Crippen LogP contribution in [0.4, 0.5) is 0 Å².